The summed E-state index contributed by atoms with van der Waals surface area (Å²) in [4.78, 5) is 4.34. The van der Waals surface area contributed by atoms with Crippen LogP contribution in [0.3, 0.4) is 0 Å². The topological polar surface area (TPSA) is 38.4 Å². The van der Waals surface area contributed by atoms with E-state index in [2.05, 4.69) is 18.0 Å². The van der Waals surface area contributed by atoms with Gasteiger partial charge in [-0.2, -0.15) is 0 Å². The SMILES string of the molecule is CCC1=NCC(=C(C)N)C=C1. The van der Waals surface area contributed by atoms with Gasteiger partial charge in [0.1, 0.15) is 0 Å². The van der Waals surface area contributed by atoms with E-state index < -0.39 is 0 Å². The number of allylic oxidation sites excluding steroid dienone is 2. The van der Waals surface area contributed by atoms with Crippen molar-refractivity contribution < 1.29 is 0 Å². The van der Waals surface area contributed by atoms with E-state index in [1.165, 1.54) is 0 Å². The molecule has 60 valence electrons. The van der Waals surface area contributed by atoms with Gasteiger partial charge in [0, 0.05) is 11.4 Å². The van der Waals surface area contributed by atoms with Crippen LogP contribution in [-0.4, -0.2) is 12.3 Å². The van der Waals surface area contributed by atoms with Crippen LogP contribution in [0.1, 0.15) is 20.3 Å². The molecule has 0 amide bonds. The third-order valence-corrected chi connectivity index (χ3v) is 1.80. The molecule has 1 aliphatic rings. The van der Waals surface area contributed by atoms with Crippen molar-refractivity contribution in [3.05, 3.63) is 23.4 Å². The standard InChI is InChI=1S/C9H14N2/c1-3-9-5-4-8(6-11-9)7(2)10/h4-5H,3,6,10H2,1-2H3. The van der Waals surface area contributed by atoms with Crippen LogP contribution in [0.5, 0.6) is 0 Å². The molecule has 0 saturated carbocycles. The highest BCUT2D eigenvalue weighted by molar-refractivity contribution is 5.96. The van der Waals surface area contributed by atoms with E-state index in [-0.39, 0.29) is 0 Å². The molecule has 0 radical (unpaired) electrons. The maximum atomic E-state index is 5.61. The van der Waals surface area contributed by atoms with E-state index in [0.717, 1.165) is 29.9 Å². The molecule has 0 fully saturated rings. The van der Waals surface area contributed by atoms with Crippen LogP contribution < -0.4 is 5.73 Å². The van der Waals surface area contributed by atoms with Gasteiger partial charge in [0.25, 0.3) is 0 Å². The Kier molecular flexibility index (Phi) is 2.47. The minimum Gasteiger partial charge on any atom is -0.402 e. The highest BCUT2D eigenvalue weighted by atomic mass is 14.7. The summed E-state index contributed by atoms with van der Waals surface area (Å²) in [5.41, 5.74) is 8.79. The molecule has 0 atom stereocenters. The molecule has 1 aliphatic heterocycles. The largest absolute Gasteiger partial charge is 0.402 e. The van der Waals surface area contributed by atoms with E-state index in [1.807, 2.05) is 13.0 Å². The molecule has 0 saturated heterocycles. The lowest BCUT2D eigenvalue weighted by atomic mass is 10.1. The first-order valence-electron chi connectivity index (χ1n) is 3.90. The van der Waals surface area contributed by atoms with Gasteiger partial charge in [0.05, 0.1) is 6.54 Å². The smallest absolute Gasteiger partial charge is 0.0659 e. The van der Waals surface area contributed by atoms with Gasteiger partial charge in [-0.25, -0.2) is 0 Å². The molecule has 0 aromatic rings. The van der Waals surface area contributed by atoms with E-state index in [4.69, 9.17) is 5.73 Å². The van der Waals surface area contributed by atoms with E-state index in [1.54, 1.807) is 0 Å². The normalized spacial score (nSPS) is 21.5. The number of dihydropyridines is 1. The van der Waals surface area contributed by atoms with Crippen LogP contribution in [0.25, 0.3) is 0 Å². The Balaban J connectivity index is 2.72. The average molecular weight is 150 g/mol. The van der Waals surface area contributed by atoms with Crippen molar-refractivity contribution in [1.82, 2.24) is 0 Å². The number of hydrogen-bond acceptors (Lipinski definition) is 2. The molecule has 0 aromatic heterocycles. The molecule has 1 heterocycles. The zero-order valence-corrected chi connectivity index (χ0v) is 7.09. The summed E-state index contributed by atoms with van der Waals surface area (Å²) in [6, 6.07) is 0. The fraction of sp³-hybridized carbons (Fsp3) is 0.444. The fourth-order valence-corrected chi connectivity index (χ4v) is 0.975. The second kappa shape index (κ2) is 3.37. The average Bonchev–Trinajstić information content (AvgIpc) is 2.05. The molecule has 2 heteroatoms. The van der Waals surface area contributed by atoms with Gasteiger partial charge in [-0.15, -0.1) is 0 Å². The molecule has 11 heavy (non-hydrogen) atoms. The maximum absolute atomic E-state index is 5.61. The summed E-state index contributed by atoms with van der Waals surface area (Å²) in [5, 5.41) is 0. The lowest BCUT2D eigenvalue weighted by Crippen LogP contribution is -2.05. The van der Waals surface area contributed by atoms with Crippen LogP contribution in [0.2, 0.25) is 0 Å². The second-order valence-electron chi connectivity index (χ2n) is 2.70. The predicted octanol–water partition coefficient (Wildman–Crippen LogP) is 1.64. The zero-order valence-electron chi connectivity index (χ0n) is 7.09. The van der Waals surface area contributed by atoms with Crippen molar-refractivity contribution in [2.45, 2.75) is 20.3 Å². The van der Waals surface area contributed by atoms with Crippen molar-refractivity contribution in [3.8, 4) is 0 Å². The van der Waals surface area contributed by atoms with Gasteiger partial charge in [-0.3, -0.25) is 4.99 Å². The molecule has 0 aliphatic carbocycles. The number of aliphatic imine (C=N–C) groups is 1. The number of nitrogens with zero attached hydrogens (tertiary/aromatic N) is 1. The highest BCUT2D eigenvalue weighted by Crippen LogP contribution is 2.08. The highest BCUT2D eigenvalue weighted by Gasteiger charge is 2.01. The van der Waals surface area contributed by atoms with Gasteiger partial charge < -0.3 is 5.73 Å². The van der Waals surface area contributed by atoms with Gasteiger partial charge >= 0.3 is 0 Å². The zero-order chi connectivity index (χ0) is 8.27. The summed E-state index contributed by atoms with van der Waals surface area (Å²) < 4.78 is 0. The first-order chi connectivity index (χ1) is 5.24. The van der Waals surface area contributed by atoms with Crippen molar-refractivity contribution in [2.75, 3.05) is 6.54 Å². The first-order valence-corrected chi connectivity index (χ1v) is 3.90. The van der Waals surface area contributed by atoms with Crippen LogP contribution >= 0.6 is 0 Å². The summed E-state index contributed by atoms with van der Waals surface area (Å²) in [7, 11) is 0. The Morgan fingerprint density at radius 3 is 2.73 bits per heavy atom. The van der Waals surface area contributed by atoms with Gasteiger partial charge in [0.15, 0.2) is 0 Å². The van der Waals surface area contributed by atoms with Gasteiger partial charge in [0.2, 0.25) is 0 Å². The van der Waals surface area contributed by atoms with Crippen LogP contribution in [0, 0.1) is 0 Å². The first kappa shape index (κ1) is 8.05. The number of rotatable bonds is 1. The molecule has 0 bridgehead atoms. The van der Waals surface area contributed by atoms with Gasteiger partial charge in [-0.05, 0) is 25.0 Å². The lowest BCUT2D eigenvalue weighted by molar-refractivity contribution is 1.08. The summed E-state index contributed by atoms with van der Waals surface area (Å²) in [6.07, 6.45) is 5.10. The molecule has 2 nitrogen and oxygen atoms in total. The molecule has 0 unspecified atom stereocenters. The lowest BCUT2D eigenvalue weighted by Gasteiger charge is -2.07. The monoisotopic (exact) mass is 150 g/mol. The van der Waals surface area contributed by atoms with Crippen molar-refractivity contribution in [2.24, 2.45) is 10.7 Å². The summed E-state index contributed by atoms with van der Waals surface area (Å²) >= 11 is 0. The Bertz CT molecular complexity index is 230. The fourth-order valence-electron chi connectivity index (χ4n) is 0.975. The molecule has 2 N–H and O–H groups in total. The summed E-state index contributed by atoms with van der Waals surface area (Å²) in [6.45, 7) is 4.77. The summed E-state index contributed by atoms with van der Waals surface area (Å²) in [5.74, 6) is 0. The quantitative estimate of drug-likeness (QED) is 0.606. The van der Waals surface area contributed by atoms with E-state index in [0.29, 0.717) is 0 Å². The third-order valence-electron chi connectivity index (χ3n) is 1.80. The molecule has 1 rings (SSSR count). The van der Waals surface area contributed by atoms with E-state index >= 15 is 0 Å². The Morgan fingerprint density at radius 2 is 2.36 bits per heavy atom. The van der Waals surface area contributed by atoms with Crippen LogP contribution in [0.15, 0.2) is 28.4 Å². The minimum atomic E-state index is 0.752. The Morgan fingerprint density at radius 1 is 1.64 bits per heavy atom. The molecular formula is C9H14N2. The number of hydrogen-bond donors (Lipinski definition) is 1. The molecule has 0 aromatic carbocycles. The van der Waals surface area contributed by atoms with Crippen molar-refractivity contribution >= 4 is 5.71 Å². The molecule has 0 spiro atoms. The Hall–Kier alpha value is -1.05. The Labute approximate surface area is 67.5 Å². The number of nitrogens with two attached hydrogens (primary N) is 1. The third kappa shape index (κ3) is 1.93. The second-order valence-corrected chi connectivity index (χ2v) is 2.70. The van der Waals surface area contributed by atoms with Crippen LogP contribution in [0.4, 0.5) is 0 Å². The van der Waals surface area contributed by atoms with Gasteiger partial charge in [-0.1, -0.05) is 13.0 Å². The van der Waals surface area contributed by atoms with Crippen LogP contribution in [-0.2, 0) is 0 Å². The predicted molar refractivity (Wildman–Crippen MR) is 48.6 cm³/mol. The van der Waals surface area contributed by atoms with E-state index in [9.17, 15) is 0 Å². The molecular weight excluding hydrogens is 136 g/mol. The van der Waals surface area contributed by atoms with Crippen molar-refractivity contribution in [1.29, 1.82) is 0 Å². The van der Waals surface area contributed by atoms with Crippen molar-refractivity contribution in [3.63, 3.8) is 0 Å². The minimum absolute atomic E-state index is 0.752. The maximum Gasteiger partial charge on any atom is 0.0659 e.